The number of halogens is 3. The molecule has 1 rings (SSSR count). The molecule has 0 heterocycles. The molecule has 90 valence electrons. The van der Waals surface area contributed by atoms with E-state index in [0.29, 0.717) is 24.8 Å². The Morgan fingerprint density at radius 3 is 2.56 bits per heavy atom. The fraction of sp³-hybridized carbons (Fsp3) is 0.500. The first-order valence-corrected chi connectivity index (χ1v) is 5.27. The van der Waals surface area contributed by atoms with Gasteiger partial charge in [0.1, 0.15) is 0 Å². The molecule has 0 spiro atoms. The van der Waals surface area contributed by atoms with Gasteiger partial charge >= 0.3 is 6.18 Å². The van der Waals surface area contributed by atoms with Gasteiger partial charge in [-0.3, -0.25) is 0 Å². The predicted molar refractivity (Wildman–Crippen MR) is 56.1 cm³/mol. The highest BCUT2D eigenvalue weighted by Gasteiger charge is 2.30. The summed E-state index contributed by atoms with van der Waals surface area (Å²) in [6.45, 7) is 1.84. The first-order chi connectivity index (χ1) is 7.43. The molecular weight excluding hydrogens is 217 g/mol. The number of aryl methyl sites for hydroxylation is 1. The zero-order valence-corrected chi connectivity index (χ0v) is 9.09. The average Bonchev–Trinajstić information content (AvgIpc) is 2.25. The third-order valence-corrected chi connectivity index (χ3v) is 2.49. The Labute approximate surface area is 92.9 Å². The van der Waals surface area contributed by atoms with Crippen LogP contribution in [0.15, 0.2) is 24.3 Å². The average molecular weight is 232 g/mol. The number of aliphatic hydroxyl groups excluding tert-OH is 1. The molecule has 0 aliphatic carbocycles. The van der Waals surface area contributed by atoms with E-state index in [9.17, 15) is 18.3 Å². The van der Waals surface area contributed by atoms with Gasteiger partial charge in [0.2, 0.25) is 0 Å². The van der Waals surface area contributed by atoms with Gasteiger partial charge in [0.15, 0.2) is 0 Å². The highest BCUT2D eigenvalue weighted by molar-refractivity contribution is 5.25. The minimum absolute atomic E-state index is 0.436. The molecule has 0 aromatic heterocycles. The third kappa shape index (κ3) is 3.85. The maximum absolute atomic E-state index is 12.4. The van der Waals surface area contributed by atoms with Crippen molar-refractivity contribution < 1.29 is 18.3 Å². The molecule has 0 bridgehead atoms. The van der Waals surface area contributed by atoms with Crippen LogP contribution in [0.4, 0.5) is 13.2 Å². The van der Waals surface area contributed by atoms with Crippen LogP contribution >= 0.6 is 0 Å². The maximum atomic E-state index is 12.4. The quantitative estimate of drug-likeness (QED) is 0.843. The number of hydrogen-bond acceptors (Lipinski definition) is 1. The van der Waals surface area contributed by atoms with Crippen molar-refractivity contribution in [3.63, 3.8) is 0 Å². The van der Waals surface area contributed by atoms with E-state index in [1.54, 1.807) is 6.07 Å². The van der Waals surface area contributed by atoms with Gasteiger partial charge in [-0.25, -0.2) is 0 Å². The summed E-state index contributed by atoms with van der Waals surface area (Å²) in [5, 5.41) is 9.33. The van der Waals surface area contributed by atoms with Gasteiger partial charge in [-0.05, 0) is 30.9 Å². The number of hydrogen-bond donors (Lipinski definition) is 1. The zero-order chi connectivity index (χ0) is 12.2. The molecule has 0 saturated heterocycles. The SMILES string of the molecule is CCC(O)CCc1cccc(C(F)(F)F)c1. The summed E-state index contributed by atoms with van der Waals surface area (Å²) >= 11 is 0. The standard InChI is InChI=1S/C12H15F3O/c1-2-11(16)7-6-9-4-3-5-10(8-9)12(13,14)15/h3-5,8,11,16H,2,6-7H2,1H3. The van der Waals surface area contributed by atoms with E-state index in [-0.39, 0.29) is 0 Å². The Hall–Kier alpha value is -1.03. The predicted octanol–water partition coefficient (Wildman–Crippen LogP) is 3.41. The lowest BCUT2D eigenvalue weighted by atomic mass is 10.0. The lowest BCUT2D eigenvalue weighted by Crippen LogP contribution is -2.08. The second-order valence-corrected chi connectivity index (χ2v) is 3.80. The lowest BCUT2D eigenvalue weighted by Gasteiger charge is -2.10. The Morgan fingerprint density at radius 2 is 2.00 bits per heavy atom. The van der Waals surface area contributed by atoms with Crippen LogP contribution in [0.5, 0.6) is 0 Å². The molecule has 1 unspecified atom stereocenters. The lowest BCUT2D eigenvalue weighted by molar-refractivity contribution is -0.137. The van der Waals surface area contributed by atoms with Crippen molar-refractivity contribution in [2.24, 2.45) is 0 Å². The van der Waals surface area contributed by atoms with Crippen LogP contribution in [0.2, 0.25) is 0 Å². The first-order valence-electron chi connectivity index (χ1n) is 5.27. The second kappa shape index (κ2) is 5.34. The van der Waals surface area contributed by atoms with Crippen molar-refractivity contribution in [3.8, 4) is 0 Å². The normalized spacial score (nSPS) is 13.8. The number of benzene rings is 1. The van der Waals surface area contributed by atoms with Gasteiger partial charge in [-0.2, -0.15) is 13.2 Å². The second-order valence-electron chi connectivity index (χ2n) is 3.80. The van der Waals surface area contributed by atoms with Crippen LogP contribution in [0, 0.1) is 0 Å². The molecule has 1 atom stereocenters. The Bertz CT molecular complexity index is 333. The minimum Gasteiger partial charge on any atom is -0.393 e. The summed E-state index contributed by atoms with van der Waals surface area (Å²) in [4.78, 5) is 0. The smallest absolute Gasteiger partial charge is 0.393 e. The van der Waals surface area contributed by atoms with Crippen molar-refractivity contribution >= 4 is 0 Å². The van der Waals surface area contributed by atoms with Gasteiger partial charge in [0.05, 0.1) is 11.7 Å². The van der Waals surface area contributed by atoms with E-state index in [1.165, 1.54) is 6.07 Å². The van der Waals surface area contributed by atoms with E-state index in [2.05, 4.69) is 0 Å². The van der Waals surface area contributed by atoms with Crippen LogP contribution in [0.3, 0.4) is 0 Å². The summed E-state index contributed by atoms with van der Waals surface area (Å²) in [5.74, 6) is 0. The van der Waals surface area contributed by atoms with Gasteiger partial charge in [-0.15, -0.1) is 0 Å². The van der Waals surface area contributed by atoms with E-state index in [0.717, 1.165) is 12.1 Å². The fourth-order valence-electron chi connectivity index (χ4n) is 1.44. The van der Waals surface area contributed by atoms with Crippen molar-refractivity contribution in [2.75, 3.05) is 0 Å². The van der Waals surface area contributed by atoms with Crippen LogP contribution < -0.4 is 0 Å². The highest BCUT2D eigenvalue weighted by Crippen LogP contribution is 2.29. The first kappa shape index (κ1) is 13.0. The van der Waals surface area contributed by atoms with E-state index < -0.39 is 17.8 Å². The molecule has 16 heavy (non-hydrogen) atoms. The van der Waals surface area contributed by atoms with Crippen LogP contribution in [0.1, 0.15) is 30.9 Å². The molecule has 0 aliphatic rings. The molecule has 0 fully saturated rings. The largest absolute Gasteiger partial charge is 0.416 e. The molecule has 1 N–H and O–H groups in total. The summed E-state index contributed by atoms with van der Waals surface area (Å²) in [6, 6.07) is 5.25. The molecule has 1 aromatic carbocycles. The number of rotatable bonds is 4. The molecule has 1 nitrogen and oxygen atoms in total. The van der Waals surface area contributed by atoms with E-state index >= 15 is 0 Å². The molecule has 0 radical (unpaired) electrons. The molecule has 4 heteroatoms. The molecule has 1 aromatic rings. The molecule has 0 amide bonds. The third-order valence-electron chi connectivity index (χ3n) is 2.49. The Balaban J connectivity index is 2.68. The van der Waals surface area contributed by atoms with Crippen LogP contribution in [-0.4, -0.2) is 11.2 Å². The van der Waals surface area contributed by atoms with Gasteiger partial charge in [0, 0.05) is 0 Å². The van der Waals surface area contributed by atoms with Gasteiger partial charge < -0.3 is 5.11 Å². The van der Waals surface area contributed by atoms with Crippen molar-refractivity contribution in [1.82, 2.24) is 0 Å². The minimum atomic E-state index is -4.29. The van der Waals surface area contributed by atoms with E-state index in [1.807, 2.05) is 6.92 Å². The Kier molecular flexibility index (Phi) is 4.35. The summed E-state index contributed by atoms with van der Waals surface area (Å²) in [6.07, 6.45) is -3.13. The zero-order valence-electron chi connectivity index (χ0n) is 9.09. The summed E-state index contributed by atoms with van der Waals surface area (Å²) < 4.78 is 37.2. The highest BCUT2D eigenvalue weighted by atomic mass is 19.4. The van der Waals surface area contributed by atoms with Crippen LogP contribution in [0.25, 0.3) is 0 Å². The summed E-state index contributed by atoms with van der Waals surface area (Å²) in [7, 11) is 0. The van der Waals surface area contributed by atoms with Gasteiger partial charge in [0.25, 0.3) is 0 Å². The topological polar surface area (TPSA) is 20.2 Å². The van der Waals surface area contributed by atoms with Crippen molar-refractivity contribution in [3.05, 3.63) is 35.4 Å². The number of alkyl halides is 3. The molecule has 0 aliphatic heterocycles. The molecule has 0 saturated carbocycles. The van der Waals surface area contributed by atoms with Crippen LogP contribution in [-0.2, 0) is 12.6 Å². The van der Waals surface area contributed by atoms with Crippen molar-refractivity contribution in [2.45, 2.75) is 38.5 Å². The maximum Gasteiger partial charge on any atom is 0.416 e. The summed E-state index contributed by atoms with van der Waals surface area (Å²) in [5.41, 5.74) is -0.0155. The fourth-order valence-corrected chi connectivity index (χ4v) is 1.44. The number of aliphatic hydroxyl groups is 1. The van der Waals surface area contributed by atoms with Crippen molar-refractivity contribution in [1.29, 1.82) is 0 Å². The van der Waals surface area contributed by atoms with E-state index in [4.69, 9.17) is 0 Å². The Morgan fingerprint density at radius 1 is 1.31 bits per heavy atom. The van der Waals surface area contributed by atoms with Gasteiger partial charge in [-0.1, -0.05) is 25.1 Å². The monoisotopic (exact) mass is 232 g/mol. The molecular formula is C12H15F3O.